The van der Waals surface area contributed by atoms with Gasteiger partial charge in [-0.3, -0.25) is 4.79 Å². The van der Waals surface area contributed by atoms with Crippen molar-refractivity contribution in [3.8, 4) is 0 Å². The van der Waals surface area contributed by atoms with E-state index in [0.717, 1.165) is 0 Å². The van der Waals surface area contributed by atoms with Gasteiger partial charge in [-0.25, -0.2) is 14.4 Å². The molecule has 0 atom stereocenters. The SMILES string of the molecule is CCOCc1nc(SCCC(=O)O)c2c(F)cccc2n1. The van der Waals surface area contributed by atoms with Crippen LogP contribution in [-0.2, 0) is 16.1 Å². The van der Waals surface area contributed by atoms with E-state index in [4.69, 9.17) is 9.84 Å². The number of carboxylic acids is 1. The molecule has 0 saturated carbocycles. The van der Waals surface area contributed by atoms with E-state index >= 15 is 0 Å². The van der Waals surface area contributed by atoms with Gasteiger partial charge < -0.3 is 9.84 Å². The lowest BCUT2D eigenvalue weighted by Gasteiger charge is -2.08. The molecule has 0 saturated heterocycles. The van der Waals surface area contributed by atoms with Crippen molar-refractivity contribution in [1.29, 1.82) is 0 Å². The van der Waals surface area contributed by atoms with E-state index < -0.39 is 11.8 Å². The predicted molar refractivity (Wildman–Crippen MR) is 77.8 cm³/mol. The predicted octanol–water partition coefficient (Wildman–Crippen LogP) is 2.87. The summed E-state index contributed by atoms with van der Waals surface area (Å²) >= 11 is 1.21. The van der Waals surface area contributed by atoms with Crippen molar-refractivity contribution in [3.63, 3.8) is 0 Å². The monoisotopic (exact) mass is 310 g/mol. The van der Waals surface area contributed by atoms with E-state index in [0.29, 0.717) is 34.1 Å². The molecule has 0 spiro atoms. The summed E-state index contributed by atoms with van der Waals surface area (Å²) in [6.45, 7) is 2.64. The summed E-state index contributed by atoms with van der Waals surface area (Å²) in [5, 5.41) is 9.47. The third kappa shape index (κ3) is 4.12. The number of fused-ring (bicyclic) bond motifs is 1. The summed E-state index contributed by atoms with van der Waals surface area (Å²) in [4.78, 5) is 19.1. The minimum Gasteiger partial charge on any atom is -0.481 e. The van der Waals surface area contributed by atoms with Crippen LogP contribution in [-0.4, -0.2) is 33.4 Å². The molecule has 1 N–H and O–H groups in total. The molecule has 0 aliphatic carbocycles. The lowest BCUT2D eigenvalue weighted by Crippen LogP contribution is -2.03. The van der Waals surface area contributed by atoms with Crippen molar-refractivity contribution in [3.05, 3.63) is 29.8 Å². The third-order valence-electron chi connectivity index (χ3n) is 2.68. The first-order chi connectivity index (χ1) is 10.1. The van der Waals surface area contributed by atoms with Crippen LogP contribution in [0.1, 0.15) is 19.2 Å². The number of aromatic nitrogens is 2. The van der Waals surface area contributed by atoms with Gasteiger partial charge in [0.1, 0.15) is 17.5 Å². The van der Waals surface area contributed by atoms with Gasteiger partial charge in [-0.1, -0.05) is 6.07 Å². The van der Waals surface area contributed by atoms with Crippen LogP contribution in [0.25, 0.3) is 10.9 Å². The molecule has 0 bridgehead atoms. The average Bonchev–Trinajstić information content (AvgIpc) is 2.44. The van der Waals surface area contributed by atoms with Gasteiger partial charge >= 0.3 is 5.97 Å². The number of ether oxygens (including phenoxy) is 1. The van der Waals surface area contributed by atoms with Crippen molar-refractivity contribution in [2.75, 3.05) is 12.4 Å². The summed E-state index contributed by atoms with van der Waals surface area (Å²) in [5.74, 6) is -0.513. The number of nitrogens with zero attached hydrogens (tertiary/aromatic N) is 2. The summed E-state index contributed by atoms with van der Waals surface area (Å²) in [5.41, 5.74) is 0.498. The molecule has 2 aromatic rings. The second kappa shape index (κ2) is 7.33. The first-order valence-electron chi connectivity index (χ1n) is 6.49. The second-order valence-electron chi connectivity index (χ2n) is 4.21. The maximum absolute atomic E-state index is 14.0. The number of carboxylic acid groups (broad SMARTS) is 1. The van der Waals surface area contributed by atoms with Gasteiger partial charge in [-0.05, 0) is 19.1 Å². The maximum Gasteiger partial charge on any atom is 0.304 e. The van der Waals surface area contributed by atoms with Gasteiger partial charge in [0.05, 0.1) is 17.3 Å². The number of halogens is 1. The van der Waals surface area contributed by atoms with Crippen LogP contribution in [0, 0.1) is 5.82 Å². The Kier molecular flexibility index (Phi) is 5.46. The zero-order chi connectivity index (χ0) is 15.2. The number of benzene rings is 1. The van der Waals surface area contributed by atoms with Gasteiger partial charge in [0.25, 0.3) is 0 Å². The molecule has 0 aliphatic heterocycles. The highest BCUT2D eigenvalue weighted by molar-refractivity contribution is 7.99. The maximum atomic E-state index is 14.0. The van der Waals surface area contributed by atoms with E-state index in [1.807, 2.05) is 6.92 Å². The van der Waals surface area contributed by atoms with Crippen LogP contribution >= 0.6 is 11.8 Å². The molecule has 1 heterocycles. The van der Waals surface area contributed by atoms with Crippen molar-refractivity contribution in [2.45, 2.75) is 25.0 Å². The van der Waals surface area contributed by atoms with Crippen LogP contribution in [0.5, 0.6) is 0 Å². The van der Waals surface area contributed by atoms with Crippen molar-refractivity contribution in [2.24, 2.45) is 0 Å². The largest absolute Gasteiger partial charge is 0.481 e. The van der Waals surface area contributed by atoms with E-state index in [-0.39, 0.29) is 13.0 Å². The molecule has 0 fully saturated rings. The van der Waals surface area contributed by atoms with E-state index in [2.05, 4.69) is 9.97 Å². The van der Waals surface area contributed by atoms with Crippen molar-refractivity contribution < 1.29 is 19.0 Å². The number of aliphatic carboxylic acids is 1. The summed E-state index contributed by atoms with van der Waals surface area (Å²) in [7, 11) is 0. The smallest absolute Gasteiger partial charge is 0.304 e. The third-order valence-corrected chi connectivity index (χ3v) is 3.65. The lowest BCUT2D eigenvalue weighted by atomic mass is 10.2. The van der Waals surface area contributed by atoms with Gasteiger partial charge in [0.2, 0.25) is 0 Å². The summed E-state index contributed by atoms with van der Waals surface area (Å²) in [6.07, 6.45) is -0.00852. The van der Waals surface area contributed by atoms with Gasteiger partial charge in [0.15, 0.2) is 5.82 Å². The highest BCUT2D eigenvalue weighted by Gasteiger charge is 2.13. The van der Waals surface area contributed by atoms with E-state index in [1.54, 1.807) is 12.1 Å². The Morgan fingerprint density at radius 2 is 2.24 bits per heavy atom. The van der Waals surface area contributed by atoms with Crippen LogP contribution in [0.4, 0.5) is 4.39 Å². The molecule has 5 nitrogen and oxygen atoms in total. The first-order valence-corrected chi connectivity index (χ1v) is 7.48. The Bertz CT molecular complexity index is 651. The Balaban J connectivity index is 2.35. The minimum atomic E-state index is -0.893. The van der Waals surface area contributed by atoms with E-state index in [9.17, 15) is 9.18 Å². The normalized spacial score (nSPS) is 11.0. The summed E-state index contributed by atoms with van der Waals surface area (Å²) < 4.78 is 19.2. The second-order valence-corrected chi connectivity index (χ2v) is 5.29. The van der Waals surface area contributed by atoms with Crippen LogP contribution in [0.15, 0.2) is 23.2 Å². The molecular formula is C14H15FN2O3S. The molecule has 1 aromatic carbocycles. The molecule has 21 heavy (non-hydrogen) atoms. The number of carbonyl (C=O) groups is 1. The molecular weight excluding hydrogens is 295 g/mol. The zero-order valence-corrected chi connectivity index (χ0v) is 12.3. The van der Waals surface area contributed by atoms with Gasteiger partial charge in [-0.15, -0.1) is 11.8 Å². The quantitative estimate of drug-likeness (QED) is 0.626. The van der Waals surface area contributed by atoms with E-state index in [1.165, 1.54) is 17.8 Å². The van der Waals surface area contributed by atoms with Crippen LogP contribution in [0.2, 0.25) is 0 Å². The Labute approximate surface area is 125 Å². The van der Waals surface area contributed by atoms with Gasteiger partial charge in [0, 0.05) is 12.4 Å². The molecule has 1 aromatic heterocycles. The topological polar surface area (TPSA) is 72.3 Å². The molecule has 112 valence electrons. The van der Waals surface area contributed by atoms with Crippen molar-refractivity contribution in [1.82, 2.24) is 9.97 Å². The zero-order valence-electron chi connectivity index (χ0n) is 11.5. The first kappa shape index (κ1) is 15.7. The highest BCUT2D eigenvalue weighted by atomic mass is 32.2. The fraction of sp³-hybridized carbons (Fsp3) is 0.357. The number of rotatable bonds is 7. The molecule has 2 rings (SSSR count). The number of hydrogen-bond acceptors (Lipinski definition) is 5. The van der Waals surface area contributed by atoms with Crippen LogP contribution in [0.3, 0.4) is 0 Å². The van der Waals surface area contributed by atoms with Crippen LogP contribution < -0.4 is 0 Å². The minimum absolute atomic E-state index is 0.00852. The molecule has 0 aliphatic rings. The lowest BCUT2D eigenvalue weighted by molar-refractivity contribution is -0.136. The standard InChI is InChI=1S/C14H15FN2O3S/c1-2-20-8-11-16-10-5-3-4-9(15)13(10)14(17-11)21-7-6-12(18)19/h3-5H,2,6-8H2,1H3,(H,18,19). The molecule has 7 heteroatoms. The number of thioether (sulfide) groups is 1. The highest BCUT2D eigenvalue weighted by Crippen LogP contribution is 2.28. The van der Waals surface area contributed by atoms with Gasteiger partial charge in [-0.2, -0.15) is 0 Å². The average molecular weight is 310 g/mol. The fourth-order valence-electron chi connectivity index (χ4n) is 1.75. The Hall–Kier alpha value is -1.73. The molecule has 0 unspecified atom stereocenters. The Morgan fingerprint density at radius 3 is 2.95 bits per heavy atom. The Morgan fingerprint density at radius 1 is 1.43 bits per heavy atom. The number of hydrogen-bond donors (Lipinski definition) is 1. The molecule has 0 radical (unpaired) electrons. The molecule has 0 amide bonds. The van der Waals surface area contributed by atoms with Crippen molar-refractivity contribution >= 4 is 28.6 Å². The fourth-order valence-corrected chi connectivity index (χ4v) is 2.74. The summed E-state index contributed by atoms with van der Waals surface area (Å²) in [6, 6.07) is 4.63.